The molecule has 24 rings (SSSR count). The van der Waals surface area contributed by atoms with Gasteiger partial charge in [0.05, 0.1) is 62.7 Å². The average molecular weight is 1810 g/mol. The number of anilines is 12. The lowest BCUT2D eigenvalue weighted by Gasteiger charge is -2.33. The van der Waals surface area contributed by atoms with Crippen LogP contribution in [0.25, 0.3) is 89.0 Å². The van der Waals surface area contributed by atoms with Gasteiger partial charge < -0.3 is 19.6 Å². The van der Waals surface area contributed by atoms with Gasteiger partial charge in [-0.15, -0.1) is 0 Å². The third-order valence-corrected chi connectivity index (χ3v) is 28.4. The lowest BCUT2D eigenvalue weighted by Crippen LogP contribution is -2.14. The monoisotopic (exact) mass is 1810 g/mol. The van der Waals surface area contributed by atoms with E-state index in [1.807, 2.05) is 90.4 Å². The summed E-state index contributed by atoms with van der Waals surface area (Å²) in [4.78, 5) is 36.4. The molecule has 640 valence electrons. The zero-order valence-electron chi connectivity index (χ0n) is 72.9. The fourth-order valence-electron chi connectivity index (χ4n) is 17.8. The van der Waals surface area contributed by atoms with Crippen LogP contribution in [-0.4, -0.2) is 19.9 Å². The highest BCUT2D eigenvalue weighted by Gasteiger charge is 2.31. The predicted octanol–water partition coefficient (Wildman–Crippen LogP) is 32.9. The number of nitrogens with zero attached hydrogens (tertiary/aromatic N) is 12. The van der Waals surface area contributed by atoms with Crippen molar-refractivity contribution in [2.45, 2.75) is 39.2 Å². The van der Waals surface area contributed by atoms with Crippen LogP contribution in [0.3, 0.4) is 0 Å². The first-order valence-corrected chi connectivity index (χ1v) is 47.4. The second-order valence-corrected chi connectivity index (χ2v) is 36.4. The highest BCUT2D eigenvalue weighted by Crippen LogP contribution is 2.57. The molecule has 0 fully saturated rings. The Morgan fingerprint density at radius 3 is 0.846 bits per heavy atom. The average Bonchev–Trinajstić information content (AvgIpc) is 0.764. The van der Waals surface area contributed by atoms with Gasteiger partial charge in [-0.2, -0.15) is 21.0 Å². The summed E-state index contributed by atoms with van der Waals surface area (Å²) >= 11 is 7.23. The Morgan fingerprint density at radius 1 is 0.199 bits per heavy atom. The molecule has 0 atom stereocenters. The van der Waals surface area contributed by atoms with Crippen molar-refractivity contribution in [2.24, 2.45) is 0 Å². The molecule has 4 aliphatic heterocycles. The van der Waals surface area contributed by atoms with E-state index in [-0.39, 0.29) is 0 Å². The zero-order valence-corrected chi connectivity index (χ0v) is 76.1. The van der Waals surface area contributed by atoms with Crippen LogP contribution in [0.1, 0.15) is 22.5 Å². The van der Waals surface area contributed by atoms with Crippen LogP contribution in [0, 0.1) is 45.3 Å². The summed E-state index contributed by atoms with van der Waals surface area (Å²) in [6.07, 6.45) is 10.3. The minimum Gasteiger partial charge on any atom is -0.308 e. The van der Waals surface area contributed by atoms with Crippen LogP contribution in [0.2, 0.25) is 0 Å². The van der Waals surface area contributed by atoms with E-state index >= 15 is 0 Å². The molecule has 0 N–H and O–H groups in total. The van der Waals surface area contributed by atoms with Crippen molar-refractivity contribution in [3.05, 3.63) is 484 Å². The standard InChI is InChI=1S/4C30H19N3S/c31-20-26-25(13-8-18-32-26)24-12-2-1-11-23(24)21-9-7-10-22(19-21)33-27-14-3-5-16-29(27)34-30-17-6-4-15-28(30)33;31-18-21-16-23(20-32-19-21)26-11-2-1-10-25(26)22-8-7-9-24(17-22)33-27-12-3-5-14-29(27)34-30-15-6-4-13-28(30)33;31-19-23-17-16-22(20-32-23)26-11-2-1-10-25(26)21-8-7-9-24(18-21)33-27-12-3-5-14-29(27)34-30-15-6-4-13-28(30)33;31-19-22-16-17-32-20-26(22)25-11-2-1-10-24(25)21-8-7-9-23(18-21)33-27-12-3-5-14-29(27)34-30-15-6-4-13-28(30)33/h1-19H;1-17,19-20H;2*1-18,20H. The van der Waals surface area contributed by atoms with Crippen LogP contribution in [0.5, 0.6) is 0 Å². The normalized spacial score (nSPS) is 11.9. The molecule has 0 radical (unpaired) electrons. The first kappa shape index (κ1) is 85.5. The maximum Gasteiger partial charge on any atom is 0.148 e. The number of fused-ring (bicyclic) bond motifs is 8. The number of para-hydroxylation sites is 8. The Labute approximate surface area is 806 Å². The van der Waals surface area contributed by atoms with Gasteiger partial charge in [-0.3, -0.25) is 9.97 Å². The van der Waals surface area contributed by atoms with E-state index in [0.717, 1.165) is 112 Å². The molecule has 0 saturated heterocycles. The first-order chi connectivity index (χ1) is 67.3. The highest BCUT2D eigenvalue weighted by molar-refractivity contribution is 8.00. The topological polar surface area (TPSA) is 160 Å². The second kappa shape index (κ2) is 39.0. The van der Waals surface area contributed by atoms with Crippen LogP contribution in [-0.2, 0) is 0 Å². The largest absolute Gasteiger partial charge is 0.308 e. The molecule has 12 nitrogen and oxygen atoms in total. The van der Waals surface area contributed by atoms with Crippen LogP contribution >= 0.6 is 47.0 Å². The van der Waals surface area contributed by atoms with Crippen LogP contribution in [0.15, 0.2) is 501 Å². The highest BCUT2D eigenvalue weighted by atomic mass is 32.2. The molecule has 0 unspecified atom stereocenters. The molecule has 0 spiro atoms. The van der Waals surface area contributed by atoms with E-state index in [0.29, 0.717) is 22.5 Å². The Balaban J connectivity index is 0.000000108. The fourth-order valence-corrected chi connectivity index (χ4v) is 22.0. The molecule has 16 aromatic carbocycles. The van der Waals surface area contributed by atoms with Crippen molar-refractivity contribution < 1.29 is 0 Å². The molecule has 0 saturated carbocycles. The molecule has 4 aliphatic rings. The Morgan fingerprint density at radius 2 is 0.515 bits per heavy atom. The lowest BCUT2D eigenvalue weighted by molar-refractivity contribution is 1.17. The minimum absolute atomic E-state index is 0.420. The predicted molar refractivity (Wildman–Crippen MR) is 555 cm³/mol. The number of nitriles is 4. The first-order valence-electron chi connectivity index (χ1n) is 44.1. The summed E-state index contributed by atoms with van der Waals surface area (Å²) in [5.74, 6) is 0. The number of rotatable bonds is 12. The molecule has 136 heavy (non-hydrogen) atoms. The van der Waals surface area contributed by atoms with Gasteiger partial charge in [0.15, 0.2) is 0 Å². The van der Waals surface area contributed by atoms with Crippen LogP contribution in [0.4, 0.5) is 68.2 Å². The van der Waals surface area contributed by atoms with Crippen molar-refractivity contribution in [3.8, 4) is 113 Å². The smallest absolute Gasteiger partial charge is 0.148 e. The lowest BCUT2D eigenvalue weighted by atomic mass is 9.93. The van der Waals surface area contributed by atoms with Gasteiger partial charge >= 0.3 is 0 Å². The number of hydrogen-bond acceptors (Lipinski definition) is 16. The van der Waals surface area contributed by atoms with Gasteiger partial charge in [0, 0.05) is 121 Å². The van der Waals surface area contributed by atoms with Crippen molar-refractivity contribution in [3.63, 3.8) is 0 Å². The molecule has 0 amide bonds. The molecule has 20 aromatic rings. The maximum absolute atomic E-state index is 9.66. The fraction of sp³-hybridized carbons (Fsp3) is 0. The second-order valence-electron chi connectivity index (χ2n) is 32.0. The van der Waals surface area contributed by atoms with Gasteiger partial charge in [0.1, 0.15) is 29.6 Å². The molecule has 8 heterocycles. The van der Waals surface area contributed by atoms with E-state index in [4.69, 9.17) is 5.26 Å². The van der Waals surface area contributed by atoms with E-state index in [9.17, 15) is 15.8 Å². The number of aromatic nitrogens is 4. The van der Waals surface area contributed by atoms with Crippen molar-refractivity contribution in [2.75, 3.05) is 19.6 Å². The molecule has 16 heteroatoms. The third kappa shape index (κ3) is 17.3. The quantitative estimate of drug-likeness (QED) is 0.114. The van der Waals surface area contributed by atoms with Gasteiger partial charge in [-0.1, -0.05) is 290 Å². The van der Waals surface area contributed by atoms with Crippen LogP contribution < -0.4 is 19.6 Å². The van der Waals surface area contributed by atoms with Gasteiger partial charge in [0.25, 0.3) is 0 Å². The third-order valence-electron chi connectivity index (χ3n) is 23.9. The summed E-state index contributed by atoms with van der Waals surface area (Å²) < 4.78 is 0. The molecule has 4 aromatic heterocycles. The molecular weight excluding hydrogens is 1740 g/mol. The maximum atomic E-state index is 9.66. The Kier molecular flexibility index (Phi) is 24.5. The van der Waals surface area contributed by atoms with Gasteiger partial charge in [-0.25, -0.2) is 9.97 Å². The minimum atomic E-state index is 0.420. The van der Waals surface area contributed by atoms with Crippen molar-refractivity contribution in [1.29, 1.82) is 21.0 Å². The summed E-state index contributed by atoms with van der Waals surface area (Å²) in [6, 6.07) is 156. The van der Waals surface area contributed by atoms with Gasteiger partial charge in [-0.05, 0) is 249 Å². The summed E-state index contributed by atoms with van der Waals surface area (Å²) in [5, 5.41) is 37.7. The number of pyridine rings is 4. The van der Waals surface area contributed by atoms with Gasteiger partial charge in [0.2, 0.25) is 0 Å². The van der Waals surface area contributed by atoms with E-state index in [1.54, 1.807) is 66.6 Å². The SMILES string of the molecule is N#Cc1ccc(-c2ccccc2-c2cccc(N3c4ccccc4Sc4ccccc43)c2)cn1.N#Cc1ccncc1-c1ccccc1-c1cccc(N2c3ccccc3Sc3ccccc32)c1.N#Cc1cncc(-c2ccccc2-c2cccc(N3c4ccccc4Sc4ccccc43)c2)c1.N#Cc1ncccc1-c1ccccc1-c1cccc(N2c3ccccc3Sc3ccccc32)c1. The van der Waals surface area contributed by atoms with E-state index in [2.05, 4.69) is 416 Å². The van der Waals surface area contributed by atoms with E-state index < -0.39 is 0 Å². The van der Waals surface area contributed by atoms with Crippen molar-refractivity contribution in [1.82, 2.24) is 19.9 Å². The summed E-state index contributed by atoms with van der Waals surface area (Å²) in [6.45, 7) is 0. The van der Waals surface area contributed by atoms with E-state index in [1.165, 1.54) is 84.7 Å². The Bertz CT molecular complexity index is 7730. The number of hydrogen-bond donors (Lipinski definition) is 0. The Hall–Kier alpha value is -17.3. The summed E-state index contributed by atoms with van der Waals surface area (Å²) in [5.41, 5.74) is 32.5. The molecule has 0 aliphatic carbocycles. The number of benzene rings is 16. The molecular formula is C120H76N12S4. The summed E-state index contributed by atoms with van der Waals surface area (Å²) in [7, 11) is 0. The van der Waals surface area contributed by atoms with Crippen molar-refractivity contribution >= 4 is 115 Å². The molecule has 0 bridgehead atoms. The zero-order chi connectivity index (χ0) is 91.6.